The van der Waals surface area contributed by atoms with Crippen LogP contribution in [-0.2, 0) is 11.3 Å². The lowest BCUT2D eigenvalue weighted by atomic mass is 10.2. The Morgan fingerprint density at radius 1 is 1.04 bits per heavy atom. The quantitative estimate of drug-likeness (QED) is 0.705. The molecule has 0 aliphatic carbocycles. The Morgan fingerprint density at radius 2 is 1.83 bits per heavy atom. The topological polar surface area (TPSA) is 43.4 Å². The van der Waals surface area contributed by atoms with E-state index < -0.39 is 0 Å². The number of rotatable bonds is 7. The van der Waals surface area contributed by atoms with Crippen LogP contribution in [0, 0.1) is 0 Å². The summed E-state index contributed by atoms with van der Waals surface area (Å²) >= 11 is 3.46. The van der Waals surface area contributed by atoms with Crippen LogP contribution in [0.3, 0.4) is 0 Å². The number of hydrogen-bond acceptors (Lipinski definition) is 2. The Morgan fingerprint density at radius 3 is 2.61 bits per heavy atom. The van der Waals surface area contributed by atoms with Crippen molar-refractivity contribution < 1.29 is 19.4 Å². The van der Waals surface area contributed by atoms with Crippen LogP contribution in [0.2, 0.25) is 0 Å². The van der Waals surface area contributed by atoms with Crippen LogP contribution in [0.5, 0.6) is 0 Å². The summed E-state index contributed by atoms with van der Waals surface area (Å²) in [6, 6.07) is 12.4. The lowest BCUT2D eigenvalue weighted by molar-refractivity contribution is -0.909. The first kappa shape index (κ1) is 16.7. The maximum atomic E-state index is 5.94. The minimum Gasteiger partial charge on any atom is -0.455 e. The molecule has 1 aromatic heterocycles. The summed E-state index contributed by atoms with van der Waals surface area (Å²) in [4.78, 5) is 1.68. The first-order chi connectivity index (χ1) is 11.3. The van der Waals surface area contributed by atoms with Gasteiger partial charge in [-0.3, -0.25) is 0 Å². The highest BCUT2D eigenvalue weighted by Crippen LogP contribution is 2.23. The van der Waals surface area contributed by atoms with E-state index in [4.69, 9.17) is 9.15 Å². The summed E-state index contributed by atoms with van der Waals surface area (Å²) in [5, 5.41) is 2.34. The van der Waals surface area contributed by atoms with Gasteiger partial charge in [0, 0.05) is 16.5 Å². The number of nitrogens with two attached hydrogens (primary N) is 1. The highest BCUT2D eigenvalue weighted by molar-refractivity contribution is 9.10. The largest absolute Gasteiger partial charge is 0.455 e. The van der Waals surface area contributed by atoms with Crippen molar-refractivity contribution in [1.82, 2.24) is 0 Å². The lowest BCUT2D eigenvalue weighted by Gasteiger charge is -2.23. The summed E-state index contributed by atoms with van der Waals surface area (Å²) < 4.78 is 12.4. The van der Waals surface area contributed by atoms with Crippen molar-refractivity contribution in [3.05, 3.63) is 46.6 Å². The molecule has 1 aliphatic heterocycles. The molecular formula is C18H25BrN2O2+2. The highest BCUT2D eigenvalue weighted by atomic mass is 79.9. The Bertz CT molecular complexity index is 591. The van der Waals surface area contributed by atoms with Gasteiger partial charge >= 0.3 is 0 Å². The molecular weight excluding hydrogens is 356 g/mol. The fourth-order valence-corrected chi connectivity index (χ4v) is 3.17. The van der Waals surface area contributed by atoms with Gasteiger partial charge in [-0.05, 0) is 24.3 Å². The fraction of sp³-hybridized carbons (Fsp3) is 0.444. The van der Waals surface area contributed by atoms with Crippen LogP contribution >= 0.6 is 15.9 Å². The number of morpholine rings is 1. The zero-order chi connectivity index (χ0) is 15.9. The van der Waals surface area contributed by atoms with E-state index in [1.807, 2.05) is 12.1 Å². The maximum absolute atomic E-state index is 5.94. The molecule has 0 spiro atoms. The molecule has 4 nitrogen and oxygen atoms in total. The van der Waals surface area contributed by atoms with Gasteiger partial charge in [-0.25, -0.2) is 0 Å². The lowest BCUT2D eigenvalue weighted by Crippen LogP contribution is -3.14. The van der Waals surface area contributed by atoms with E-state index in [0.29, 0.717) is 0 Å². The molecule has 0 bridgehead atoms. The van der Waals surface area contributed by atoms with Crippen molar-refractivity contribution in [2.45, 2.75) is 13.0 Å². The van der Waals surface area contributed by atoms with Gasteiger partial charge in [0.25, 0.3) is 0 Å². The second kappa shape index (κ2) is 8.64. The Balaban J connectivity index is 1.38. The third kappa shape index (κ3) is 5.18. The molecule has 1 aliphatic rings. The van der Waals surface area contributed by atoms with E-state index in [9.17, 15) is 0 Å². The molecule has 2 heterocycles. The van der Waals surface area contributed by atoms with E-state index in [0.717, 1.165) is 60.9 Å². The summed E-state index contributed by atoms with van der Waals surface area (Å²) in [5.41, 5.74) is 1.12. The van der Waals surface area contributed by atoms with Gasteiger partial charge in [0.2, 0.25) is 0 Å². The molecule has 3 N–H and O–H groups in total. The summed E-state index contributed by atoms with van der Waals surface area (Å²) in [5.74, 6) is 1.99. The Labute approximate surface area is 145 Å². The van der Waals surface area contributed by atoms with Gasteiger partial charge in [0.15, 0.2) is 5.76 Å². The van der Waals surface area contributed by atoms with E-state index >= 15 is 0 Å². The predicted molar refractivity (Wildman–Crippen MR) is 93.3 cm³/mol. The van der Waals surface area contributed by atoms with Crippen molar-refractivity contribution in [2.24, 2.45) is 0 Å². The normalized spacial score (nSPS) is 15.9. The van der Waals surface area contributed by atoms with Crippen molar-refractivity contribution in [3.63, 3.8) is 0 Å². The molecule has 1 fully saturated rings. The number of benzene rings is 1. The third-order valence-electron chi connectivity index (χ3n) is 4.27. The molecule has 1 saturated heterocycles. The van der Waals surface area contributed by atoms with Gasteiger partial charge in [0.05, 0.1) is 26.3 Å². The fourth-order valence-electron chi connectivity index (χ4n) is 2.91. The van der Waals surface area contributed by atoms with Crippen molar-refractivity contribution >= 4 is 15.9 Å². The van der Waals surface area contributed by atoms with Crippen LogP contribution in [0.1, 0.15) is 12.2 Å². The summed E-state index contributed by atoms with van der Waals surface area (Å²) in [6.07, 6.45) is 1.25. The van der Waals surface area contributed by atoms with Gasteiger partial charge < -0.3 is 19.4 Å². The molecule has 5 heteroatoms. The molecule has 0 amide bonds. The molecule has 0 atom stereocenters. The van der Waals surface area contributed by atoms with Crippen LogP contribution in [0.25, 0.3) is 11.3 Å². The number of halogens is 1. The minimum absolute atomic E-state index is 0.912. The Hall–Kier alpha value is -1.14. The first-order valence-electron chi connectivity index (χ1n) is 8.39. The van der Waals surface area contributed by atoms with Gasteiger partial charge in [-0.15, -0.1) is 0 Å². The molecule has 3 rings (SSSR count). The molecule has 0 saturated carbocycles. The summed E-state index contributed by atoms with van der Waals surface area (Å²) in [6.45, 7) is 7.48. The smallest absolute Gasteiger partial charge is 0.158 e. The molecule has 0 unspecified atom stereocenters. The number of furan rings is 1. The number of ether oxygens (including phenoxy) is 1. The van der Waals surface area contributed by atoms with Gasteiger partial charge in [-0.2, -0.15) is 0 Å². The van der Waals surface area contributed by atoms with Gasteiger partial charge in [-0.1, -0.05) is 28.1 Å². The highest BCUT2D eigenvalue weighted by Gasteiger charge is 2.13. The number of quaternary nitrogens is 2. The van der Waals surface area contributed by atoms with E-state index in [-0.39, 0.29) is 0 Å². The Kier molecular flexibility index (Phi) is 6.28. The molecule has 2 aromatic rings. The average Bonchev–Trinajstić information content (AvgIpc) is 3.05. The van der Waals surface area contributed by atoms with Crippen LogP contribution in [-0.4, -0.2) is 39.4 Å². The van der Waals surface area contributed by atoms with Crippen molar-refractivity contribution in [2.75, 3.05) is 39.4 Å². The minimum atomic E-state index is 0.912. The zero-order valence-corrected chi connectivity index (χ0v) is 15.0. The zero-order valence-electron chi connectivity index (χ0n) is 13.4. The second-order valence-corrected chi connectivity index (χ2v) is 6.94. The predicted octanol–water partition coefficient (Wildman–Crippen LogP) is 1.08. The standard InChI is InChI=1S/C18H23BrN2O2/c19-16-4-2-15(3-5-16)18-7-6-17(23-18)14-20-8-1-9-21-10-12-22-13-11-21/h2-7,20H,1,8-14H2/p+2. The van der Waals surface area contributed by atoms with E-state index in [2.05, 4.69) is 45.5 Å². The monoisotopic (exact) mass is 380 g/mol. The van der Waals surface area contributed by atoms with Crippen molar-refractivity contribution in [1.29, 1.82) is 0 Å². The molecule has 1 aromatic carbocycles. The van der Waals surface area contributed by atoms with Crippen LogP contribution < -0.4 is 10.2 Å². The third-order valence-corrected chi connectivity index (χ3v) is 4.80. The first-order valence-corrected chi connectivity index (χ1v) is 9.18. The van der Waals surface area contributed by atoms with Gasteiger partial charge in [0.1, 0.15) is 25.4 Å². The van der Waals surface area contributed by atoms with Crippen molar-refractivity contribution in [3.8, 4) is 11.3 Å². The molecule has 124 valence electrons. The SMILES string of the molecule is Brc1ccc(-c2ccc(C[NH2+]CCC[NH+]3CCOCC3)o2)cc1. The molecule has 0 radical (unpaired) electrons. The second-order valence-electron chi connectivity index (χ2n) is 6.02. The molecule has 23 heavy (non-hydrogen) atoms. The van der Waals surface area contributed by atoms with Crippen LogP contribution in [0.4, 0.5) is 0 Å². The van der Waals surface area contributed by atoms with E-state index in [1.54, 1.807) is 4.90 Å². The average molecular weight is 381 g/mol. The number of nitrogens with one attached hydrogen (secondary N) is 1. The summed E-state index contributed by atoms with van der Waals surface area (Å²) in [7, 11) is 0. The van der Waals surface area contributed by atoms with E-state index in [1.165, 1.54) is 13.0 Å². The van der Waals surface area contributed by atoms with Crippen LogP contribution in [0.15, 0.2) is 45.3 Å². The number of hydrogen-bond donors (Lipinski definition) is 2. The maximum Gasteiger partial charge on any atom is 0.158 e.